The van der Waals surface area contributed by atoms with Crippen LogP contribution in [0.3, 0.4) is 0 Å². The number of ether oxygens (including phenoxy) is 4. The number of nitriles is 1. The lowest BCUT2D eigenvalue weighted by molar-refractivity contribution is -0.141. The third-order valence-corrected chi connectivity index (χ3v) is 4.26. The summed E-state index contributed by atoms with van der Waals surface area (Å²) in [6, 6.07) is 4.75. The molecular formula is C17H15F3N4O4. The Morgan fingerprint density at radius 2 is 1.75 bits per heavy atom. The molecule has 1 aromatic heterocycles. The monoisotopic (exact) mass is 396 g/mol. The molecule has 0 saturated heterocycles. The van der Waals surface area contributed by atoms with E-state index in [1.54, 1.807) is 0 Å². The van der Waals surface area contributed by atoms with Crippen LogP contribution in [0.2, 0.25) is 0 Å². The molecule has 1 aliphatic rings. The van der Waals surface area contributed by atoms with Crippen molar-refractivity contribution in [2.24, 2.45) is 5.73 Å². The van der Waals surface area contributed by atoms with Crippen LogP contribution in [0.4, 0.5) is 13.2 Å². The maximum atomic E-state index is 13.6. The molecule has 0 spiro atoms. The van der Waals surface area contributed by atoms with Crippen LogP contribution in [0.25, 0.3) is 0 Å². The number of hydrogen-bond acceptors (Lipinski definition) is 7. The standard InChI is InChI=1S/C17H15F3N4O4/c1-25-7-4-9(26-2)12(10(5-7)27-3)11-8(6-21)15(22)28-16-13(11)14(23-24-16)17(18,19)20/h4-5,11H,22H2,1-3H3,(H,23,24). The topological polar surface area (TPSA) is 115 Å². The zero-order valence-corrected chi connectivity index (χ0v) is 15.0. The second-order valence-electron chi connectivity index (χ2n) is 5.69. The summed E-state index contributed by atoms with van der Waals surface area (Å²) in [7, 11) is 4.07. The Labute approximate surface area is 157 Å². The van der Waals surface area contributed by atoms with Crippen molar-refractivity contribution in [3.63, 3.8) is 0 Å². The SMILES string of the molecule is COc1cc(OC)c(C2C(C#N)=C(N)Oc3n[nH]c(C(F)(F)F)c32)c(OC)c1. The molecule has 0 radical (unpaired) electrons. The number of halogens is 3. The van der Waals surface area contributed by atoms with Crippen molar-refractivity contribution in [2.75, 3.05) is 21.3 Å². The van der Waals surface area contributed by atoms with E-state index in [1.165, 1.54) is 33.5 Å². The van der Waals surface area contributed by atoms with Gasteiger partial charge < -0.3 is 24.7 Å². The van der Waals surface area contributed by atoms with Gasteiger partial charge in [-0.05, 0) is 0 Å². The van der Waals surface area contributed by atoms with Gasteiger partial charge in [-0.25, -0.2) is 0 Å². The highest BCUT2D eigenvalue weighted by Gasteiger charge is 2.46. The number of nitrogens with zero attached hydrogens (tertiary/aromatic N) is 2. The van der Waals surface area contributed by atoms with Crippen molar-refractivity contribution < 1.29 is 32.1 Å². The van der Waals surface area contributed by atoms with E-state index in [2.05, 4.69) is 5.10 Å². The molecular weight excluding hydrogens is 381 g/mol. The maximum Gasteiger partial charge on any atom is 0.433 e. The van der Waals surface area contributed by atoms with Crippen LogP contribution >= 0.6 is 0 Å². The first-order chi connectivity index (χ1) is 13.3. The van der Waals surface area contributed by atoms with Gasteiger partial charge in [-0.1, -0.05) is 0 Å². The largest absolute Gasteiger partial charge is 0.496 e. The van der Waals surface area contributed by atoms with Gasteiger partial charge in [0.1, 0.15) is 34.6 Å². The molecule has 0 amide bonds. The molecule has 1 atom stereocenters. The molecule has 2 heterocycles. The van der Waals surface area contributed by atoms with Gasteiger partial charge in [-0.3, -0.25) is 5.10 Å². The van der Waals surface area contributed by atoms with Crippen LogP contribution in [0.15, 0.2) is 23.6 Å². The number of aromatic amines is 1. The number of fused-ring (bicyclic) bond motifs is 1. The molecule has 3 N–H and O–H groups in total. The molecule has 3 rings (SSSR count). The second kappa shape index (κ2) is 6.88. The van der Waals surface area contributed by atoms with Crippen LogP contribution in [-0.4, -0.2) is 31.5 Å². The van der Waals surface area contributed by atoms with Gasteiger partial charge in [0.15, 0.2) is 0 Å². The summed E-state index contributed by atoms with van der Waals surface area (Å²) in [6.07, 6.45) is -4.78. The zero-order chi connectivity index (χ0) is 20.6. The maximum absolute atomic E-state index is 13.6. The number of alkyl halides is 3. The molecule has 11 heteroatoms. The molecule has 148 valence electrons. The fourth-order valence-corrected chi connectivity index (χ4v) is 3.07. The van der Waals surface area contributed by atoms with Gasteiger partial charge >= 0.3 is 6.18 Å². The number of nitrogens with one attached hydrogen (secondary N) is 1. The molecule has 0 saturated carbocycles. The average molecular weight is 396 g/mol. The minimum absolute atomic E-state index is 0.143. The molecule has 0 fully saturated rings. The normalized spacial score (nSPS) is 16.1. The van der Waals surface area contributed by atoms with Crippen LogP contribution in [-0.2, 0) is 6.18 Å². The van der Waals surface area contributed by atoms with Crippen molar-refractivity contribution >= 4 is 0 Å². The Balaban J connectivity index is 2.39. The zero-order valence-electron chi connectivity index (χ0n) is 15.0. The number of benzene rings is 1. The quantitative estimate of drug-likeness (QED) is 0.816. The Morgan fingerprint density at radius 1 is 1.14 bits per heavy atom. The number of allylic oxidation sites excluding steroid dienone is 1. The van der Waals surface area contributed by atoms with Gasteiger partial charge in [-0.15, -0.1) is 5.10 Å². The summed E-state index contributed by atoms with van der Waals surface area (Å²) in [5, 5.41) is 15.1. The average Bonchev–Trinajstić information content (AvgIpc) is 3.09. The summed E-state index contributed by atoms with van der Waals surface area (Å²) in [6.45, 7) is 0. The summed E-state index contributed by atoms with van der Waals surface area (Å²) < 4.78 is 61.7. The minimum atomic E-state index is -4.78. The van der Waals surface area contributed by atoms with Crippen molar-refractivity contribution in [3.05, 3.63) is 40.4 Å². The summed E-state index contributed by atoms with van der Waals surface area (Å²) in [5.41, 5.74) is 4.15. The van der Waals surface area contributed by atoms with E-state index in [4.69, 9.17) is 24.7 Å². The lowest BCUT2D eigenvalue weighted by Crippen LogP contribution is -2.23. The number of aromatic nitrogens is 2. The number of nitrogens with two attached hydrogens (primary N) is 1. The van der Waals surface area contributed by atoms with Crippen molar-refractivity contribution in [1.82, 2.24) is 10.2 Å². The Hall–Kier alpha value is -3.55. The Kier molecular flexibility index (Phi) is 4.72. The highest BCUT2D eigenvalue weighted by molar-refractivity contribution is 5.63. The Morgan fingerprint density at radius 3 is 2.21 bits per heavy atom. The first-order valence-corrected chi connectivity index (χ1v) is 7.79. The van der Waals surface area contributed by atoms with Gasteiger partial charge in [0.2, 0.25) is 11.8 Å². The van der Waals surface area contributed by atoms with Gasteiger partial charge in [0.05, 0.1) is 32.8 Å². The van der Waals surface area contributed by atoms with E-state index in [0.29, 0.717) is 5.75 Å². The predicted octanol–water partition coefficient (Wildman–Crippen LogP) is 2.67. The van der Waals surface area contributed by atoms with Gasteiger partial charge in [0.25, 0.3) is 0 Å². The fourth-order valence-electron chi connectivity index (χ4n) is 3.07. The van der Waals surface area contributed by atoms with Crippen LogP contribution in [0, 0.1) is 11.3 Å². The minimum Gasteiger partial charge on any atom is -0.496 e. The molecule has 0 aliphatic carbocycles. The van der Waals surface area contributed by atoms with Crippen LogP contribution in [0.1, 0.15) is 22.7 Å². The van der Waals surface area contributed by atoms with E-state index >= 15 is 0 Å². The lowest BCUT2D eigenvalue weighted by Gasteiger charge is -2.27. The number of H-pyrrole nitrogens is 1. The van der Waals surface area contributed by atoms with E-state index in [0.717, 1.165) is 0 Å². The first-order valence-electron chi connectivity index (χ1n) is 7.79. The number of hydrogen-bond donors (Lipinski definition) is 2. The second-order valence-corrected chi connectivity index (χ2v) is 5.69. The van der Waals surface area contributed by atoms with E-state index in [9.17, 15) is 18.4 Å². The Bertz CT molecular complexity index is 966. The molecule has 28 heavy (non-hydrogen) atoms. The van der Waals surface area contributed by atoms with Crippen molar-refractivity contribution in [3.8, 4) is 29.2 Å². The number of methoxy groups -OCH3 is 3. The molecule has 1 aromatic carbocycles. The highest BCUT2D eigenvalue weighted by Crippen LogP contribution is 2.52. The molecule has 8 nitrogen and oxygen atoms in total. The first kappa shape index (κ1) is 19.2. The van der Waals surface area contributed by atoms with E-state index < -0.39 is 17.8 Å². The highest BCUT2D eigenvalue weighted by atomic mass is 19.4. The molecule has 2 aromatic rings. The predicted molar refractivity (Wildman–Crippen MR) is 89.0 cm³/mol. The van der Waals surface area contributed by atoms with E-state index in [-0.39, 0.29) is 40.0 Å². The third-order valence-electron chi connectivity index (χ3n) is 4.26. The van der Waals surface area contributed by atoms with Crippen molar-refractivity contribution in [1.29, 1.82) is 5.26 Å². The molecule has 0 bridgehead atoms. The lowest BCUT2D eigenvalue weighted by atomic mass is 9.82. The van der Waals surface area contributed by atoms with E-state index in [1.807, 2.05) is 11.2 Å². The summed E-state index contributed by atoms with van der Waals surface area (Å²) in [5.74, 6) is -1.40. The van der Waals surface area contributed by atoms with Gasteiger partial charge in [0, 0.05) is 17.7 Å². The van der Waals surface area contributed by atoms with Gasteiger partial charge in [-0.2, -0.15) is 18.4 Å². The smallest absolute Gasteiger partial charge is 0.433 e. The fraction of sp³-hybridized carbons (Fsp3) is 0.294. The summed E-state index contributed by atoms with van der Waals surface area (Å²) in [4.78, 5) is 0. The summed E-state index contributed by atoms with van der Waals surface area (Å²) >= 11 is 0. The molecule has 1 aliphatic heterocycles. The number of rotatable bonds is 4. The molecule has 1 unspecified atom stereocenters. The third kappa shape index (κ3) is 2.92. The van der Waals surface area contributed by atoms with Crippen LogP contribution < -0.4 is 24.7 Å². The van der Waals surface area contributed by atoms with Crippen molar-refractivity contribution in [2.45, 2.75) is 12.1 Å². The van der Waals surface area contributed by atoms with Crippen LogP contribution in [0.5, 0.6) is 23.1 Å².